The summed E-state index contributed by atoms with van der Waals surface area (Å²) in [5.41, 5.74) is 0. The van der Waals surface area contributed by atoms with E-state index in [-0.39, 0.29) is 0 Å². The summed E-state index contributed by atoms with van der Waals surface area (Å²) in [5, 5.41) is 0. The van der Waals surface area contributed by atoms with Crippen molar-refractivity contribution in [2.75, 3.05) is 6.61 Å². The van der Waals surface area contributed by atoms with Gasteiger partial charge in [-0.1, -0.05) is 51.2 Å². The highest BCUT2D eigenvalue weighted by molar-refractivity contribution is 5.36. The van der Waals surface area contributed by atoms with Crippen LogP contribution < -0.4 is 0 Å². The smallest absolute Gasteiger partial charge is 0.293 e. The Bertz CT molecular complexity index is 164. The maximum Gasteiger partial charge on any atom is 0.293 e. The molecule has 0 heterocycles. The first-order valence-electron chi connectivity index (χ1n) is 6.62. The van der Waals surface area contributed by atoms with Crippen LogP contribution in [0.1, 0.15) is 64.7 Å². The van der Waals surface area contributed by atoms with Gasteiger partial charge in [0, 0.05) is 0 Å². The lowest BCUT2D eigenvalue weighted by Gasteiger charge is -2.00. The molecule has 0 aliphatic carbocycles. The maximum absolute atomic E-state index is 9.86. The maximum atomic E-state index is 9.86. The van der Waals surface area contributed by atoms with Gasteiger partial charge in [0.15, 0.2) is 0 Å². The predicted molar refractivity (Wildman–Crippen MR) is 68.4 cm³/mol. The Hall–Kier alpha value is -0.790. The molecule has 0 aliphatic rings. The average molecular weight is 226 g/mol. The highest BCUT2D eigenvalue weighted by Crippen LogP contribution is 2.07. The van der Waals surface area contributed by atoms with Gasteiger partial charge < -0.3 is 4.74 Å². The number of carbonyl (C=O) groups is 1. The minimum absolute atomic E-state index is 0.530. The molecule has 0 amide bonds. The molecule has 0 fully saturated rings. The molecule has 2 nitrogen and oxygen atoms in total. The summed E-state index contributed by atoms with van der Waals surface area (Å²) in [7, 11) is 0. The molecule has 0 atom stereocenters. The molecular weight excluding hydrogens is 200 g/mol. The summed E-state index contributed by atoms with van der Waals surface area (Å²) in [6.45, 7) is 3.32. The van der Waals surface area contributed by atoms with Crippen LogP contribution in [0.3, 0.4) is 0 Å². The van der Waals surface area contributed by atoms with E-state index in [0.29, 0.717) is 13.1 Å². The van der Waals surface area contributed by atoms with E-state index in [1.54, 1.807) is 0 Å². The zero-order chi connectivity index (χ0) is 11.9. The fraction of sp³-hybridized carbons (Fsp3) is 0.786. The van der Waals surface area contributed by atoms with Gasteiger partial charge in [-0.15, -0.1) is 0 Å². The molecule has 0 aromatic heterocycles. The summed E-state index contributed by atoms with van der Waals surface area (Å²) < 4.78 is 4.63. The molecule has 0 spiro atoms. The normalized spacial score (nSPS) is 10.8. The van der Waals surface area contributed by atoms with Gasteiger partial charge in [-0.25, -0.2) is 0 Å². The van der Waals surface area contributed by atoms with Crippen molar-refractivity contribution in [3.8, 4) is 0 Å². The van der Waals surface area contributed by atoms with E-state index in [4.69, 9.17) is 0 Å². The van der Waals surface area contributed by atoms with E-state index in [1.807, 2.05) is 0 Å². The quantitative estimate of drug-likeness (QED) is 0.282. The second kappa shape index (κ2) is 14.2. The second-order valence-electron chi connectivity index (χ2n) is 4.14. The van der Waals surface area contributed by atoms with Crippen molar-refractivity contribution in [3.63, 3.8) is 0 Å². The van der Waals surface area contributed by atoms with Crippen LogP contribution in [0.4, 0.5) is 0 Å². The van der Waals surface area contributed by atoms with Crippen molar-refractivity contribution in [1.82, 2.24) is 0 Å². The molecule has 0 radical (unpaired) electrons. The number of allylic oxidation sites excluding steroid dienone is 2. The lowest BCUT2D eigenvalue weighted by atomic mass is 10.1. The molecule has 94 valence electrons. The van der Waals surface area contributed by atoms with Gasteiger partial charge in [0.1, 0.15) is 0 Å². The molecule has 0 bridgehead atoms. The topological polar surface area (TPSA) is 26.3 Å². The Morgan fingerprint density at radius 2 is 1.50 bits per heavy atom. The van der Waals surface area contributed by atoms with Gasteiger partial charge in [-0.2, -0.15) is 0 Å². The number of hydrogen-bond donors (Lipinski definition) is 0. The molecule has 0 saturated heterocycles. The Morgan fingerprint density at radius 1 is 0.875 bits per heavy atom. The highest BCUT2D eigenvalue weighted by atomic mass is 16.5. The van der Waals surface area contributed by atoms with Crippen molar-refractivity contribution in [2.24, 2.45) is 0 Å². The van der Waals surface area contributed by atoms with E-state index >= 15 is 0 Å². The van der Waals surface area contributed by atoms with E-state index in [9.17, 15) is 4.79 Å². The Kier molecular flexibility index (Phi) is 13.5. The molecule has 0 aromatic carbocycles. The van der Waals surface area contributed by atoms with Gasteiger partial charge in [-0.05, 0) is 25.7 Å². The second-order valence-corrected chi connectivity index (χ2v) is 4.14. The summed E-state index contributed by atoms with van der Waals surface area (Å²) in [6.07, 6.45) is 15.7. The van der Waals surface area contributed by atoms with Crippen molar-refractivity contribution >= 4 is 6.47 Å². The molecular formula is C14H26O2. The monoisotopic (exact) mass is 226 g/mol. The van der Waals surface area contributed by atoms with Gasteiger partial charge in [-0.3, -0.25) is 4.79 Å². The molecule has 16 heavy (non-hydrogen) atoms. The Balaban J connectivity index is 2.95. The number of rotatable bonds is 12. The summed E-state index contributed by atoms with van der Waals surface area (Å²) in [5.74, 6) is 0. The zero-order valence-electron chi connectivity index (χ0n) is 10.6. The van der Waals surface area contributed by atoms with Crippen LogP contribution in [0.2, 0.25) is 0 Å². The van der Waals surface area contributed by atoms with Crippen molar-refractivity contribution in [1.29, 1.82) is 0 Å². The fourth-order valence-electron chi connectivity index (χ4n) is 1.61. The van der Waals surface area contributed by atoms with Crippen molar-refractivity contribution < 1.29 is 9.53 Å². The van der Waals surface area contributed by atoms with Crippen LogP contribution in [0, 0.1) is 0 Å². The molecule has 0 aromatic rings. The molecule has 2 heteroatoms. The molecule has 0 aliphatic heterocycles. The van der Waals surface area contributed by atoms with Gasteiger partial charge >= 0.3 is 0 Å². The Morgan fingerprint density at radius 3 is 2.19 bits per heavy atom. The summed E-state index contributed by atoms with van der Waals surface area (Å²) >= 11 is 0. The first-order chi connectivity index (χ1) is 7.91. The third kappa shape index (κ3) is 13.2. The number of carbonyl (C=O) groups excluding carboxylic acids is 1. The van der Waals surface area contributed by atoms with E-state index in [0.717, 1.165) is 6.42 Å². The van der Waals surface area contributed by atoms with Gasteiger partial charge in [0.2, 0.25) is 0 Å². The number of hydrogen-bond acceptors (Lipinski definition) is 2. The van der Waals surface area contributed by atoms with Crippen LogP contribution in [0.25, 0.3) is 0 Å². The SMILES string of the molecule is CCC/C=C\CCCCCCCCOC=O. The van der Waals surface area contributed by atoms with Crippen LogP contribution in [0.5, 0.6) is 0 Å². The summed E-state index contributed by atoms with van der Waals surface area (Å²) in [4.78, 5) is 9.86. The third-order valence-electron chi connectivity index (χ3n) is 2.57. The third-order valence-corrected chi connectivity index (χ3v) is 2.57. The number of ether oxygens (including phenoxy) is 1. The lowest BCUT2D eigenvalue weighted by molar-refractivity contribution is -0.128. The largest absolute Gasteiger partial charge is 0.468 e. The van der Waals surface area contributed by atoms with Crippen LogP contribution >= 0.6 is 0 Å². The fourth-order valence-corrected chi connectivity index (χ4v) is 1.61. The standard InChI is InChI=1S/C14H26O2/c1-2-3-4-5-6-7-8-9-10-11-12-13-16-14-15/h4-5,14H,2-3,6-13H2,1H3/b5-4-. The van der Waals surface area contributed by atoms with Gasteiger partial charge in [0.05, 0.1) is 6.61 Å². The van der Waals surface area contributed by atoms with E-state index in [1.165, 1.54) is 51.4 Å². The van der Waals surface area contributed by atoms with Crippen molar-refractivity contribution in [3.05, 3.63) is 12.2 Å². The van der Waals surface area contributed by atoms with Crippen molar-refractivity contribution in [2.45, 2.75) is 64.7 Å². The first kappa shape index (κ1) is 15.2. The lowest BCUT2D eigenvalue weighted by Crippen LogP contribution is -1.91. The van der Waals surface area contributed by atoms with Crippen LogP contribution in [0.15, 0.2) is 12.2 Å². The van der Waals surface area contributed by atoms with Gasteiger partial charge in [0.25, 0.3) is 6.47 Å². The molecule has 0 saturated carbocycles. The average Bonchev–Trinajstić information content (AvgIpc) is 2.31. The predicted octanol–water partition coefficient (Wildman–Crippen LogP) is 4.25. The van der Waals surface area contributed by atoms with Crippen LogP contribution in [-0.2, 0) is 9.53 Å². The first-order valence-corrected chi connectivity index (χ1v) is 6.62. The molecule has 0 N–H and O–H groups in total. The minimum Gasteiger partial charge on any atom is -0.468 e. The molecule has 0 unspecified atom stereocenters. The van der Waals surface area contributed by atoms with Crippen LogP contribution in [-0.4, -0.2) is 13.1 Å². The highest BCUT2D eigenvalue weighted by Gasteiger charge is 1.90. The number of unbranched alkanes of at least 4 members (excludes halogenated alkanes) is 7. The van der Waals surface area contributed by atoms with E-state index < -0.39 is 0 Å². The zero-order valence-corrected chi connectivity index (χ0v) is 10.6. The molecule has 0 rings (SSSR count). The minimum atomic E-state index is 0.530. The van der Waals surface area contributed by atoms with E-state index in [2.05, 4.69) is 23.8 Å². The Labute approximate surface area is 100 Å². The summed E-state index contributed by atoms with van der Waals surface area (Å²) in [6, 6.07) is 0.